The normalized spacial score (nSPS) is 41.6. The largest absolute Gasteiger partial charge is 1.00 e. The van der Waals surface area contributed by atoms with Gasteiger partial charge >= 0.3 is 18.9 Å². The van der Waals surface area contributed by atoms with Crippen LogP contribution in [0.25, 0.3) is 5.32 Å². The number of nitrogens with zero attached hydrogens (tertiary/aromatic N) is 1. The second-order valence-corrected chi connectivity index (χ2v) is 7.86. The van der Waals surface area contributed by atoms with Crippen LogP contribution < -0.4 is 18.9 Å². The van der Waals surface area contributed by atoms with Gasteiger partial charge < -0.3 is 34.8 Å². The summed E-state index contributed by atoms with van der Waals surface area (Å²) in [4.78, 5) is 0. The maximum absolute atomic E-state index is 10.6. The van der Waals surface area contributed by atoms with Crippen LogP contribution in [0.3, 0.4) is 0 Å². The van der Waals surface area contributed by atoms with Gasteiger partial charge in [0.2, 0.25) is 0 Å². The molecule has 0 spiro atoms. The Labute approximate surface area is 166 Å². The van der Waals surface area contributed by atoms with Crippen molar-refractivity contribution in [3.8, 4) is 0 Å². The van der Waals surface area contributed by atoms with Crippen molar-refractivity contribution >= 4 is 0 Å². The van der Waals surface area contributed by atoms with E-state index in [1.165, 1.54) is 0 Å². The molecule has 0 bridgehead atoms. The summed E-state index contributed by atoms with van der Waals surface area (Å²) in [6, 6.07) is -0.923. The summed E-state index contributed by atoms with van der Waals surface area (Å²) in [7, 11) is 0. The number of rotatable bonds is 4. The van der Waals surface area contributed by atoms with E-state index in [0.717, 1.165) is 0 Å². The predicted molar refractivity (Wildman–Crippen MR) is 90.8 cm³/mol. The molecule has 26 heavy (non-hydrogen) atoms. The van der Waals surface area contributed by atoms with Gasteiger partial charge in [-0.15, -0.1) is 12.2 Å². The standard InChI is InChI=1S/C18H28NO6.Li/c1-17(2,22)23-10-5-6-11(13(20)9-10)19-12-7-8-14-16(15(12)21)25-18(3,4)24-14;/h5-8,10-16,20-22H,9H2,1-4H3;/q-1;+1/t10-,11+,12+,13+,14-,15-,16-;/m1./s1. The van der Waals surface area contributed by atoms with Crippen LogP contribution in [0.4, 0.5) is 0 Å². The van der Waals surface area contributed by atoms with Crippen LogP contribution in [-0.4, -0.2) is 69.5 Å². The van der Waals surface area contributed by atoms with Gasteiger partial charge in [-0.05, 0) is 27.7 Å². The summed E-state index contributed by atoms with van der Waals surface area (Å²) in [5.41, 5.74) is 0. The van der Waals surface area contributed by atoms with E-state index in [4.69, 9.17) is 14.2 Å². The number of aliphatic hydroxyl groups excluding tert-OH is 2. The molecule has 8 heteroatoms. The fraction of sp³-hybridized carbons (Fsp3) is 0.778. The number of ether oxygens (including phenoxy) is 3. The molecule has 2 aliphatic carbocycles. The molecule has 142 valence electrons. The van der Waals surface area contributed by atoms with Gasteiger partial charge in [-0.3, -0.25) is 0 Å². The number of fused-ring (bicyclic) bond motifs is 1. The van der Waals surface area contributed by atoms with Gasteiger partial charge in [-0.2, -0.15) is 0 Å². The minimum Gasteiger partial charge on any atom is -0.646 e. The smallest absolute Gasteiger partial charge is 0.646 e. The van der Waals surface area contributed by atoms with Crippen molar-refractivity contribution < 1.29 is 48.4 Å². The Morgan fingerprint density at radius 2 is 1.73 bits per heavy atom. The van der Waals surface area contributed by atoms with Crippen LogP contribution in [0.2, 0.25) is 0 Å². The summed E-state index contributed by atoms with van der Waals surface area (Å²) < 4.78 is 17.0. The van der Waals surface area contributed by atoms with E-state index < -0.39 is 42.0 Å². The quantitative estimate of drug-likeness (QED) is 0.304. The Kier molecular flexibility index (Phi) is 6.83. The van der Waals surface area contributed by atoms with E-state index in [-0.39, 0.29) is 31.1 Å². The molecule has 0 aromatic rings. The van der Waals surface area contributed by atoms with E-state index in [2.05, 4.69) is 5.32 Å². The SMILES string of the molecule is CC(C)(O)O[C@@H]1C=C[C@H]([N-][C@H]2C=C[C@H]3OC(C)(C)O[C@H]3[C@@H]2O)[C@@H](O)C1.[Li+]. The van der Waals surface area contributed by atoms with Crippen molar-refractivity contribution in [3.63, 3.8) is 0 Å². The minimum absolute atomic E-state index is 0. The molecule has 0 radical (unpaired) electrons. The fourth-order valence-corrected chi connectivity index (χ4v) is 3.53. The van der Waals surface area contributed by atoms with E-state index in [1.807, 2.05) is 19.9 Å². The molecule has 7 atom stereocenters. The molecule has 0 unspecified atom stereocenters. The maximum Gasteiger partial charge on any atom is 1.00 e. The average Bonchev–Trinajstić information content (AvgIpc) is 2.78. The van der Waals surface area contributed by atoms with Crippen molar-refractivity contribution in [3.05, 3.63) is 29.6 Å². The van der Waals surface area contributed by atoms with Gasteiger partial charge in [0, 0.05) is 12.5 Å². The summed E-state index contributed by atoms with van der Waals surface area (Å²) in [6.07, 6.45) is 4.85. The fourth-order valence-electron chi connectivity index (χ4n) is 3.53. The Morgan fingerprint density at radius 1 is 1.08 bits per heavy atom. The second-order valence-electron chi connectivity index (χ2n) is 7.86. The topological polar surface area (TPSA) is 102 Å². The van der Waals surface area contributed by atoms with E-state index in [0.29, 0.717) is 6.42 Å². The zero-order valence-electron chi connectivity index (χ0n) is 16.1. The molecule has 0 aromatic heterocycles. The van der Waals surface area contributed by atoms with E-state index in [9.17, 15) is 15.3 Å². The van der Waals surface area contributed by atoms with Gasteiger partial charge in [0.1, 0.15) is 12.2 Å². The zero-order valence-corrected chi connectivity index (χ0v) is 16.1. The molecule has 1 heterocycles. The number of aliphatic hydroxyl groups is 3. The van der Waals surface area contributed by atoms with Crippen LogP contribution in [-0.2, 0) is 14.2 Å². The van der Waals surface area contributed by atoms with Gasteiger partial charge in [0.05, 0.1) is 12.2 Å². The van der Waals surface area contributed by atoms with E-state index in [1.54, 1.807) is 32.1 Å². The Balaban J connectivity index is 0.00000243. The van der Waals surface area contributed by atoms with Crippen molar-refractivity contribution in [2.24, 2.45) is 0 Å². The summed E-state index contributed by atoms with van der Waals surface area (Å²) in [5.74, 6) is -2.00. The van der Waals surface area contributed by atoms with Crippen LogP contribution in [0, 0.1) is 0 Å². The Morgan fingerprint density at radius 3 is 2.35 bits per heavy atom. The first-order valence-electron chi connectivity index (χ1n) is 8.73. The molecule has 0 aromatic carbocycles. The average molecular weight is 361 g/mol. The third-order valence-electron chi connectivity index (χ3n) is 4.52. The Hall–Kier alpha value is -0.203. The third-order valence-corrected chi connectivity index (χ3v) is 4.52. The minimum atomic E-state index is -1.26. The van der Waals surface area contributed by atoms with Crippen molar-refractivity contribution in [2.75, 3.05) is 0 Å². The van der Waals surface area contributed by atoms with Gasteiger partial charge in [0.15, 0.2) is 11.6 Å². The first-order chi connectivity index (χ1) is 11.5. The molecule has 0 amide bonds. The van der Waals surface area contributed by atoms with Crippen LogP contribution in [0.1, 0.15) is 34.1 Å². The molecule has 7 nitrogen and oxygen atoms in total. The zero-order chi connectivity index (χ0) is 18.4. The van der Waals surface area contributed by atoms with E-state index >= 15 is 0 Å². The molecule has 3 N–H and O–H groups in total. The molecule has 1 fully saturated rings. The molecule has 0 saturated carbocycles. The second kappa shape index (κ2) is 8.04. The number of hydrogen-bond donors (Lipinski definition) is 3. The Bertz CT molecular complexity index is 546. The summed E-state index contributed by atoms with van der Waals surface area (Å²) >= 11 is 0. The summed E-state index contributed by atoms with van der Waals surface area (Å²) in [6.45, 7) is 6.73. The molecule has 3 aliphatic rings. The third kappa shape index (κ3) is 5.19. The molecular formula is C18H28LiNO6. The van der Waals surface area contributed by atoms with Crippen molar-refractivity contribution in [1.29, 1.82) is 0 Å². The van der Waals surface area contributed by atoms with Crippen LogP contribution >= 0.6 is 0 Å². The summed E-state index contributed by atoms with van der Waals surface area (Å²) in [5, 5.41) is 35.2. The molecule has 1 aliphatic heterocycles. The number of hydrogen-bond acceptors (Lipinski definition) is 6. The van der Waals surface area contributed by atoms with Crippen molar-refractivity contribution in [1.82, 2.24) is 0 Å². The maximum atomic E-state index is 10.6. The molecular weight excluding hydrogens is 333 g/mol. The predicted octanol–water partition coefficient (Wildman–Crippen LogP) is -2.01. The van der Waals surface area contributed by atoms with Crippen LogP contribution in [0.15, 0.2) is 24.3 Å². The van der Waals surface area contributed by atoms with Gasteiger partial charge in [0.25, 0.3) is 0 Å². The monoisotopic (exact) mass is 361 g/mol. The van der Waals surface area contributed by atoms with Crippen molar-refractivity contribution in [2.45, 2.75) is 88.3 Å². The molecule has 3 rings (SSSR count). The first-order valence-corrected chi connectivity index (χ1v) is 8.73. The van der Waals surface area contributed by atoms with Gasteiger partial charge in [-0.25, -0.2) is 0 Å². The van der Waals surface area contributed by atoms with Crippen LogP contribution in [0.5, 0.6) is 0 Å². The van der Waals surface area contributed by atoms with Gasteiger partial charge in [-0.1, -0.05) is 24.2 Å². The first kappa shape index (κ1) is 22.1. The molecule has 1 saturated heterocycles.